The van der Waals surface area contributed by atoms with Crippen molar-refractivity contribution in [3.05, 3.63) is 49.9 Å². The van der Waals surface area contributed by atoms with Gasteiger partial charge in [-0.05, 0) is 24.6 Å². The van der Waals surface area contributed by atoms with Crippen molar-refractivity contribution in [1.82, 2.24) is 10.4 Å². The van der Waals surface area contributed by atoms with Gasteiger partial charge in [0, 0.05) is 17.5 Å². The summed E-state index contributed by atoms with van der Waals surface area (Å²) in [5, 5.41) is 4.14. The van der Waals surface area contributed by atoms with Crippen LogP contribution in [-0.2, 0) is 6.42 Å². The molecule has 1 aromatic carbocycles. The molecule has 0 radical (unpaired) electrons. The normalized spacial score (nSPS) is 12.7. The molecule has 3 nitrogen and oxygen atoms in total. The van der Waals surface area contributed by atoms with Crippen LogP contribution in [0.3, 0.4) is 0 Å². The number of halogens is 2. The lowest BCUT2D eigenvalue weighted by atomic mass is 10.0. The van der Waals surface area contributed by atoms with Crippen molar-refractivity contribution in [2.75, 3.05) is 0 Å². The van der Waals surface area contributed by atoms with E-state index in [1.807, 2.05) is 24.4 Å². The summed E-state index contributed by atoms with van der Waals surface area (Å²) in [6.07, 6.45) is 0.729. The molecule has 6 heteroatoms. The number of benzene rings is 1. The minimum atomic E-state index is -0.0229. The molecule has 0 fully saturated rings. The van der Waals surface area contributed by atoms with E-state index in [4.69, 9.17) is 29.0 Å². The largest absolute Gasteiger partial charge is 0.271 e. The van der Waals surface area contributed by atoms with E-state index < -0.39 is 0 Å². The number of nitrogens with one attached hydrogen (secondary N) is 1. The Hall–Kier alpha value is -0.650. The van der Waals surface area contributed by atoms with Crippen LogP contribution in [0.5, 0.6) is 0 Å². The van der Waals surface area contributed by atoms with Crippen molar-refractivity contribution in [1.29, 1.82) is 0 Å². The summed E-state index contributed by atoms with van der Waals surface area (Å²) >= 11 is 13.5. The lowest BCUT2D eigenvalue weighted by molar-refractivity contribution is 0.550. The van der Waals surface area contributed by atoms with E-state index in [1.165, 1.54) is 0 Å². The van der Waals surface area contributed by atoms with Gasteiger partial charge in [-0.1, -0.05) is 29.3 Å². The number of aromatic nitrogens is 1. The molecule has 1 unspecified atom stereocenters. The van der Waals surface area contributed by atoms with Crippen LogP contribution < -0.4 is 11.3 Å². The number of nitrogens with zero attached hydrogens (tertiary/aromatic N) is 1. The van der Waals surface area contributed by atoms with E-state index in [0.29, 0.717) is 10.0 Å². The molecule has 96 valence electrons. The highest BCUT2D eigenvalue weighted by Gasteiger charge is 2.14. The van der Waals surface area contributed by atoms with Gasteiger partial charge in [0.2, 0.25) is 0 Å². The molecule has 0 spiro atoms. The first-order valence-corrected chi connectivity index (χ1v) is 7.06. The SMILES string of the molecule is Cc1csc(CC(NN)c2ccc(Cl)c(Cl)c2)n1. The van der Waals surface area contributed by atoms with Gasteiger partial charge in [0.25, 0.3) is 0 Å². The van der Waals surface area contributed by atoms with Crippen molar-refractivity contribution in [3.63, 3.8) is 0 Å². The Labute approximate surface area is 120 Å². The summed E-state index contributed by atoms with van der Waals surface area (Å²) in [7, 11) is 0. The molecule has 0 bridgehead atoms. The van der Waals surface area contributed by atoms with E-state index in [0.717, 1.165) is 22.7 Å². The summed E-state index contributed by atoms with van der Waals surface area (Å²) in [5.74, 6) is 5.60. The second-order valence-electron chi connectivity index (χ2n) is 3.98. The van der Waals surface area contributed by atoms with E-state index >= 15 is 0 Å². The minimum absolute atomic E-state index is 0.0229. The van der Waals surface area contributed by atoms with E-state index in [1.54, 1.807) is 17.4 Å². The molecule has 1 atom stereocenters. The van der Waals surface area contributed by atoms with Crippen molar-refractivity contribution in [3.8, 4) is 0 Å². The number of rotatable bonds is 4. The predicted octanol–water partition coefficient (Wildman–Crippen LogP) is 3.51. The summed E-state index contributed by atoms with van der Waals surface area (Å²) < 4.78 is 0. The van der Waals surface area contributed by atoms with Crippen LogP contribution in [0, 0.1) is 6.92 Å². The van der Waals surface area contributed by atoms with Crippen LogP contribution in [0.15, 0.2) is 23.6 Å². The first-order valence-electron chi connectivity index (χ1n) is 5.42. The molecule has 2 rings (SSSR count). The quantitative estimate of drug-likeness (QED) is 0.671. The van der Waals surface area contributed by atoms with Crippen LogP contribution >= 0.6 is 34.5 Å². The number of hydrogen-bond acceptors (Lipinski definition) is 4. The van der Waals surface area contributed by atoms with Gasteiger partial charge in [-0.3, -0.25) is 11.3 Å². The number of aryl methyl sites for hydroxylation is 1. The van der Waals surface area contributed by atoms with Gasteiger partial charge in [0.15, 0.2) is 0 Å². The lowest BCUT2D eigenvalue weighted by Gasteiger charge is -2.15. The number of hydrogen-bond donors (Lipinski definition) is 2. The Kier molecular flexibility index (Phi) is 4.59. The minimum Gasteiger partial charge on any atom is -0.271 e. The monoisotopic (exact) mass is 301 g/mol. The van der Waals surface area contributed by atoms with Crippen molar-refractivity contribution >= 4 is 34.5 Å². The molecule has 0 saturated carbocycles. The molecule has 0 aliphatic carbocycles. The zero-order chi connectivity index (χ0) is 13.1. The third kappa shape index (κ3) is 3.22. The van der Waals surface area contributed by atoms with Crippen molar-refractivity contribution in [2.45, 2.75) is 19.4 Å². The van der Waals surface area contributed by atoms with E-state index in [-0.39, 0.29) is 6.04 Å². The highest BCUT2D eigenvalue weighted by molar-refractivity contribution is 7.09. The first kappa shape index (κ1) is 13.8. The van der Waals surface area contributed by atoms with Crippen LogP contribution in [0.2, 0.25) is 10.0 Å². The zero-order valence-electron chi connectivity index (χ0n) is 9.78. The third-order valence-electron chi connectivity index (χ3n) is 2.59. The molecule has 0 aliphatic rings. The smallest absolute Gasteiger partial charge is 0.0947 e. The summed E-state index contributed by atoms with van der Waals surface area (Å²) in [4.78, 5) is 4.43. The number of hydrazine groups is 1. The predicted molar refractivity (Wildman–Crippen MR) is 77.1 cm³/mol. The van der Waals surface area contributed by atoms with Gasteiger partial charge in [0.05, 0.1) is 21.1 Å². The third-order valence-corrected chi connectivity index (χ3v) is 4.32. The molecular weight excluding hydrogens is 289 g/mol. The van der Waals surface area contributed by atoms with E-state index in [2.05, 4.69) is 10.4 Å². The van der Waals surface area contributed by atoms with Gasteiger partial charge in [-0.2, -0.15) is 0 Å². The number of nitrogens with two attached hydrogens (primary N) is 1. The maximum atomic E-state index is 6.01. The highest BCUT2D eigenvalue weighted by atomic mass is 35.5. The Morgan fingerprint density at radius 2 is 2.17 bits per heavy atom. The highest BCUT2D eigenvalue weighted by Crippen LogP contribution is 2.27. The molecule has 0 saturated heterocycles. The average Bonchev–Trinajstić information content (AvgIpc) is 2.75. The molecule has 3 N–H and O–H groups in total. The van der Waals surface area contributed by atoms with E-state index in [9.17, 15) is 0 Å². The topological polar surface area (TPSA) is 50.9 Å². The lowest BCUT2D eigenvalue weighted by Crippen LogP contribution is -2.29. The fraction of sp³-hybridized carbons (Fsp3) is 0.250. The fourth-order valence-corrected chi connectivity index (χ4v) is 2.80. The number of thiazole rings is 1. The first-order chi connectivity index (χ1) is 8.60. The zero-order valence-corrected chi connectivity index (χ0v) is 12.1. The second kappa shape index (κ2) is 5.99. The summed E-state index contributed by atoms with van der Waals surface area (Å²) in [6.45, 7) is 1.98. The molecule has 1 heterocycles. The van der Waals surface area contributed by atoms with Crippen LogP contribution in [0.1, 0.15) is 22.3 Å². The Bertz CT molecular complexity index is 542. The molecule has 2 aromatic rings. The van der Waals surface area contributed by atoms with Crippen LogP contribution in [0.25, 0.3) is 0 Å². The van der Waals surface area contributed by atoms with Gasteiger partial charge in [-0.25, -0.2) is 4.98 Å². The maximum Gasteiger partial charge on any atom is 0.0947 e. The standard InChI is InChI=1S/C12H13Cl2N3S/c1-7-6-18-12(16-7)5-11(17-15)8-2-3-9(13)10(14)4-8/h2-4,6,11,17H,5,15H2,1H3. The van der Waals surface area contributed by atoms with Gasteiger partial charge in [0.1, 0.15) is 0 Å². The Morgan fingerprint density at radius 3 is 2.72 bits per heavy atom. The van der Waals surface area contributed by atoms with Gasteiger partial charge < -0.3 is 0 Å². The maximum absolute atomic E-state index is 6.01. The summed E-state index contributed by atoms with van der Waals surface area (Å²) in [5.41, 5.74) is 4.82. The van der Waals surface area contributed by atoms with Crippen LogP contribution in [-0.4, -0.2) is 4.98 Å². The average molecular weight is 302 g/mol. The van der Waals surface area contributed by atoms with Crippen LogP contribution in [0.4, 0.5) is 0 Å². The second-order valence-corrected chi connectivity index (χ2v) is 5.74. The Morgan fingerprint density at radius 1 is 1.39 bits per heavy atom. The fourth-order valence-electron chi connectivity index (χ4n) is 1.67. The molecular formula is C12H13Cl2N3S. The van der Waals surface area contributed by atoms with Gasteiger partial charge in [-0.15, -0.1) is 11.3 Å². The van der Waals surface area contributed by atoms with Crippen molar-refractivity contribution in [2.24, 2.45) is 5.84 Å². The molecule has 0 amide bonds. The van der Waals surface area contributed by atoms with Gasteiger partial charge >= 0.3 is 0 Å². The molecule has 0 aliphatic heterocycles. The van der Waals surface area contributed by atoms with Crippen molar-refractivity contribution < 1.29 is 0 Å². The molecule has 18 heavy (non-hydrogen) atoms. The molecule has 1 aromatic heterocycles. The summed E-state index contributed by atoms with van der Waals surface area (Å²) in [6, 6.07) is 5.50. The Balaban J connectivity index is 2.19.